The topological polar surface area (TPSA) is 46.7 Å². The van der Waals surface area contributed by atoms with Crippen LogP contribution in [-0.4, -0.2) is 9.55 Å². The van der Waals surface area contributed by atoms with Crippen molar-refractivity contribution in [1.29, 1.82) is 0 Å². The summed E-state index contributed by atoms with van der Waals surface area (Å²) < 4.78 is 103. The second kappa shape index (κ2) is 16.0. The molecule has 0 bridgehead atoms. The fourth-order valence-corrected chi connectivity index (χ4v) is 8.69. The predicted molar refractivity (Wildman–Crippen MR) is 261 cm³/mol. The summed E-state index contributed by atoms with van der Waals surface area (Å²) in [6.45, 7) is 8.24. The summed E-state index contributed by atoms with van der Waals surface area (Å²) in [7, 11) is 0. The molecular formula is C58H41N4O2Pt-3. The number of furan rings is 1. The molecule has 0 fully saturated rings. The van der Waals surface area contributed by atoms with E-state index in [1.807, 2.05) is 83.9 Å². The Labute approximate surface area is 406 Å². The molecule has 0 radical (unpaired) electrons. The maximum Gasteiger partial charge on any atom is 0.158 e. The second-order valence-electron chi connectivity index (χ2n) is 16.6. The number of aromatic nitrogens is 2. The van der Waals surface area contributed by atoms with Crippen molar-refractivity contribution in [2.24, 2.45) is 0 Å². The Bertz CT molecular complexity index is 4040. The van der Waals surface area contributed by atoms with Crippen LogP contribution in [0.4, 0.5) is 22.7 Å². The van der Waals surface area contributed by atoms with Gasteiger partial charge in [-0.2, -0.15) is 12.1 Å². The third-order valence-corrected chi connectivity index (χ3v) is 11.7. The van der Waals surface area contributed by atoms with Crippen LogP contribution < -0.4 is 14.5 Å². The van der Waals surface area contributed by atoms with E-state index in [0.29, 0.717) is 34.4 Å². The van der Waals surface area contributed by atoms with Gasteiger partial charge in [-0.1, -0.05) is 147 Å². The number of benzene rings is 8. The summed E-state index contributed by atoms with van der Waals surface area (Å²) in [4.78, 5) is 8.50. The van der Waals surface area contributed by atoms with Gasteiger partial charge >= 0.3 is 0 Å². The maximum atomic E-state index is 9.04. The summed E-state index contributed by atoms with van der Waals surface area (Å²) in [6, 6.07) is 39.7. The van der Waals surface area contributed by atoms with Crippen LogP contribution in [0.25, 0.3) is 71.8 Å². The first-order valence-electron chi connectivity index (χ1n) is 25.8. The molecule has 0 spiro atoms. The van der Waals surface area contributed by atoms with Gasteiger partial charge in [-0.05, 0) is 57.8 Å². The van der Waals surface area contributed by atoms with E-state index in [9.17, 15) is 0 Å². The van der Waals surface area contributed by atoms with E-state index in [-0.39, 0.29) is 54.4 Å². The molecule has 0 atom stereocenters. The van der Waals surface area contributed by atoms with Gasteiger partial charge in [-0.25, -0.2) is 4.98 Å². The zero-order valence-electron chi connectivity index (χ0n) is 45.1. The van der Waals surface area contributed by atoms with Gasteiger partial charge in [0.05, 0.1) is 19.2 Å². The van der Waals surface area contributed by atoms with Crippen LogP contribution in [0.5, 0.6) is 11.5 Å². The van der Waals surface area contributed by atoms with Crippen molar-refractivity contribution in [3.8, 4) is 39.6 Å². The van der Waals surface area contributed by atoms with Gasteiger partial charge in [0.1, 0.15) is 11.4 Å². The van der Waals surface area contributed by atoms with Gasteiger partial charge in [-0.3, -0.25) is 0 Å². The van der Waals surface area contributed by atoms with Crippen molar-refractivity contribution < 1.29 is 43.9 Å². The average Bonchev–Trinajstić information content (AvgIpc) is 4.10. The molecular weight excluding hydrogens is 980 g/mol. The van der Waals surface area contributed by atoms with E-state index in [2.05, 4.69) is 61.7 Å². The Morgan fingerprint density at radius 2 is 1.28 bits per heavy atom. The minimum Gasteiger partial charge on any atom is -0.509 e. The standard InChI is InChI=1S/C58H41N4O2.Pt/c1-58(2,3)40-32-33-59-54(34-40)62-52-36-43(28-29-46(52)48-30-31-49-47-22-10-13-27-53(47)64-57(49)56(48)62)63-42-21-14-20-41(35-42)60-37-61(51-26-12-11-25-50(51)60)55-44(38-16-6-4-7-17-38)23-15-24-45(55)39-18-8-5-9-19-39;/h4-34,37H,1-3H3;/q-3;/i4D,5D,6D,7D,8D,9D,16D,17D,18D,19D;. The maximum absolute atomic E-state index is 9.04. The molecule has 1 aliphatic heterocycles. The largest absolute Gasteiger partial charge is 0.509 e. The Morgan fingerprint density at radius 3 is 2.02 bits per heavy atom. The predicted octanol–water partition coefficient (Wildman–Crippen LogP) is 15.5. The van der Waals surface area contributed by atoms with Crippen LogP contribution in [-0.2, 0) is 26.5 Å². The molecule has 0 aliphatic carbocycles. The molecule has 3 aromatic heterocycles. The first-order chi connectivity index (χ1) is 35.5. The number of nitrogens with zero attached hydrogens (tertiary/aromatic N) is 4. The number of hydrogen-bond acceptors (Lipinski definition) is 5. The fourth-order valence-electron chi connectivity index (χ4n) is 8.69. The average molecular weight is 1030 g/mol. The molecule has 4 heterocycles. The van der Waals surface area contributed by atoms with Crippen molar-refractivity contribution in [3.63, 3.8) is 0 Å². The molecule has 0 saturated carbocycles. The quantitative estimate of drug-likeness (QED) is 0.149. The minimum atomic E-state index is -0.569. The van der Waals surface area contributed by atoms with Crippen molar-refractivity contribution in [3.05, 3.63) is 212 Å². The molecule has 318 valence electrons. The zero-order chi connectivity index (χ0) is 51.6. The Hall–Kier alpha value is -7.40. The van der Waals surface area contributed by atoms with Crippen molar-refractivity contribution >= 4 is 66.5 Å². The Morgan fingerprint density at radius 1 is 0.631 bits per heavy atom. The van der Waals surface area contributed by atoms with E-state index in [4.69, 9.17) is 27.8 Å². The molecule has 1 aliphatic rings. The molecule has 0 saturated heterocycles. The van der Waals surface area contributed by atoms with E-state index >= 15 is 0 Å². The molecule has 0 unspecified atom stereocenters. The number of hydrogen-bond donors (Lipinski definition) is 0. The van der Waals surface area contributed by atoms with Crippen LogP contribution in [0.3, 0.4) is 0 Å². The normalized spacial score (nSPS) is 14.8. The molecule has 12 rings (SSSR count). The molecule has 0 amide bonds. The third kappa shape index (κ3) is 6.88. The van der Waals surface area contributed by atoms with E-state index in [1.54, 1.807) is 35.8 Å². The van der Waals surface area contributed by atoms with Gasteiger partial charge in [0.25, 0.3) is 0 Å². The molecule has 7 heteroatoms. The van der Waals surface area contributed by atoms with E-state index < -0.39 is 60.4 Å². The van der Waals surface area contributed by atoms with E-state index in [1.165, 1.54) is 0 Å². The number of rotatable bonds is 7. The summed E-state index contributed by atoms with van der Waals surface area (Å²) in [5.41, 5.74) is 6.11. The minimum absolute atomic E-state index is 0. The number of ether oxygens (including phenoxy) is 1. The molecule has 11 aromatic rings. The van der Waals surface area contributed by atoms with Gasteiger partial charge in [-0.15, -0.1) is 48.1 Å². The number of pyridine rings is 1. The molecule has 8 aromatic carbocycles. The monoisotopic (exact) mass is 1030 g/mol. The van der Waals surface area contributed by atoms with Gasteiger partial charge < -0.3 is 23.5 Å². The summed E-state index contributed by atoms with van der Waals surface area (Å²) in [5, 5.41) is 3.87. The zero-order valence-corrected chi connectivity index (χ0v) is 37.4. The number of anilines is 4. The fraction of sp³-hybridized carbons (Fsp3) is 0.0690. The smallest absolute Gasteiger partial charge is 0.158 e. The van der Waals surface area contributed by atoms with Gasteiger partial charge in [0.15, 0.2) is 5.58 Å². The Kier molecular flexibility index (Phi) is 7.54. The summed E-state index contributed by atoms with van der Waals surface area (Å²) in [5.74, 6) is 1.46. The van der Waals surface area contributed by atoms with E-state index in [0.717, 1.165) is 49.3 Å². The number of fused-ring (bicyclic) bond motifs is 8. The van der Waals surface area contributed by atoms with Gasteiger partial charge in [0.2, 0.25) is 0 Å². The van der Waals surface area contributed by atoms with Crippen LogP contribution in [0.15, 0.2) is 192 Å². The Balaban J connectivity index is 0.00000602. The summed E-state index contributed by atoms with van der Waals surface area (Å²) in [6.07, 6.45) is 1.83. The molecule has 6 nitrogen and oxygen atoms in total. The van der Waals surface area contributed by atoms with Crippen LogP contribution in [0.1, 0.15) is 40.0 Å². The SMILES string of the molecule is [2H]c1c([2H])c([2H])c(-c2cccc(-c3c([2H])c([2H])c([2H])c([2H])c3[2H])c2N2[CH-]N(c3[c-]c(Oc4[c-]c5c(cc4)c4ccc6c7ccccc7oc6c4n5-c4cc(C(C)(C)C)ccn4)ccc3)c3ccccc32)c([2H])c1[2H].[Pt]. The van der Waals surface area contributed by atoms with Crippen molar-refractivity contribution in [1.82, 2.24) is 9.55 Å². The second-order valence-corrected chi connectivity index (χ2v) is 16.6. The van der Waals surface area contributed by atoms with Crippen LogP contribution in [0, 0.1) is 18.8 Å². The van der Waals surface area contributed by atoms with Crippen molar-refractivity contribution in [2.45, 2.75) is 26.2 Å². The van der Waals surface area contributed by atoms with Crippen LogP contribution in [0.2, 0.25) is 0 Å². The third-order valence-electron chi connectivity index (χ3n) is 11.7. The van der Waals surface area contributed by atoms with Gasteiger partial charge in [0, 0.05) is 77.7 Å². The van der Waals surface area contributed by atoms with Crippen LogP contribution >= 0.6 is 0 Å². The first kappa shape index (κ1) is 30.6. The molecule has 0 N–H and O–H groups in total. The number of para-hydroxylation sites is 4. The first-order valence-corrected chi connectivity index (χ1v) is 20.8. The summed E-state index contributed by atoms with van der Waals surface area (Å²) >= 11 is 0. The molecule has 65 heavy (non-hydrogen) atoms. The van der Waals surface area contributed by atoms with Crippen molar-refractivity contribution in [2.75, 3.05) is 9.80 Å².